The number of aromatic nitrogens is 2. The highest BCUT2D eigenvalue weighted by Gasteiger charge is 2.40. The first-order valence-corrected chi connectivity index (χ1v) is 8.58. The molecule has 122 valence electrons. The summed E-state index contributed by atoms with van der Waals surface area (Å²) in [4.78, 5) is 17.1. The zero-order valence-electron chi connectivity index (χ0n) is 13.8. The second-order valence-corrected chi connectivity index (χ2v) is 7.87. The lowest BCUT2D eigenvalue weighted by molar-refractivity contribution is 0.0592. The number of carbonyl (C=O) groups is 1. The minimum absolute atomic E-state index is 0.160. The van der Waals surface area contributed by atoms with Crippen LogP contribution in [0.15, 0.2) is 48.8 Å². The number of imidazole rings is 1. The van der Waals surface area contributed by atoms with Crippen LogP contribution in [-0.2, 0) is 0 Å². The van der Waals surface area contributed by atoms with Gasteiger partial charge in [-0.3, -0.25) is 9.36 Å². The summed E-state index contributed by atoms with van der Waals surface area (Å²) in [6.45, 7) is 4.43. The lowest BCUT2D eigenvalue weighted by Crippen LogP contribution is -2.36. The van der Waals surface area contributed by atoms with Crippen LogP contribution in [0.25, 0.3) is 16.7 Å². The fourth-order valence-corrected chi connectivity index (χ4v) is 3.88. The van der Waals surface area contributed by atoms with Crippen LogP contribution in [-0.4, -0.2) is 15.3 Å². The first kappa shape index (κ1) is 15.4. The van der Waals surface area contributed by atoms with Gasteiger partial charge in [0.05, 0.1) is 11.0 Å². The Morgan fingerprint density at radius 1 is 1.21 bits per heavy atom. The maximum atomic E-state index is 12.6. The van der Waals surface area contributed by atoms with E-state index in [1.807, 2.05) is 47.0 Å². The van der Waals surface area contributed by atoms with Crippen molar-refractivity contribution in [3.8, 4) is 5.69 Å². The van der Waals surface area contributed by atoms with Crippen molar-refractivity contribution >= 4 is 28.4 Å². The predicted octanol–water partition coefficient (Wildman–Crippen LogP) is 5.30. The molecular weight excluding hydrogens is 320 g/mol. The van der Waals surface area contributed by atoms with Crippen LogP contribution in [0.5, 0.6) is 0 Å². The van der Waals surface area contributed by atoms with Gasteiger partial charge in [0, 0.05) is 22.2 Å². The molecule has 0 spiro atoms. The fourth-order valence-electron chi connectivity index (χ4n) is 3.69. The van der Waals surface area contributed by atoms with E-state index in [0.29, 0.717) is 10.4 Å². The molecule has 1 aliphatic rings. The second kappa shape index (κ2) is 5.45. The van der Waals surface area contributed by atoms with Crippen molar-refractivity contribution in [1.82, 2.24) is 9.55 Å². The van der Waals surface area contributed by atoms with Crippen LogP contribution in [0, 0.1) is 11.3 Å². The summed E-state index contributed by atoms with van der Waals surface area (Å²) >= 11 is 6.08. The highest BCUT2D eigenvalue weighted by atomic mass is 35.5. The Kier molecular flexibility index (Phi) is 3.50. The lowest BCUT2D eigenvalue weighted by Gasteiger charge is -2.41. The number of Topliss-reactive ketones (excluding diaryl/α,β-unsaturated/α-hetero) is 1. The van der Waals surface area contributed by atoms with Gasteiger partial charge in [-0.2, -0.15) is 0 Å². The molecule has 1 fully saturated rings. The molecule has 1 aromatic heterocycles. The van der Waals surface area contributed by atoms with Gasteiger partial charge < -0.3 is 0 Å². The van der Waals surface area contributed by atoms with Gasteiger partial charge in [0.2, 0.25) is 0 Å². The number of nitrogens with zero attached hydrogens (tertiary/aromatic N) is 2. The average Bonchev–Trinajstić information content (AvgIpc) is 2.95. The molecule has 2 aromatic carbocycles. The van der Waals surface area contributed by atoms with Crippen molar-refractivity contribution in [3.63, 3.8) is 0 Å². The van der Waals surface area contributed by atoms with Crippen LogP contribution in [0.1, 0.15) is 37.0 Å². The molecule has 3 nitrogen and oxygen atoms in total. The molecule has 0 saturated heterocycles. The number of carbonyl (C=O) groups excluding carboxylic acids is 1. The van der Waals surface area contributed by atoms with Crippen LogP contribution < -0.4 is 0 Å². The molecule has 0 aliphatic heterocycles. The summed E-state index contributed by atoms with van der Waals surface area (Å²) in [7, 11) is 0. The van der Waals surface area contributed by atoms with Gasteiger partial charge in [-0.05, 0) is 54.7 Å². The van der Waals surface area contributed by atoms with E-state index < -0.39 is 0 Å². The molecule has 0 radical (unpaired) electrons. The van der Waals surface area contributed by atoms with Crippen LogP contribution in [0.4, 0.5) is 0 Å². The largest absolute Gasteiger partial charge is 0.299 e. The Hall–Kier alpha value is -2.13. The highest BCUT2D eigenvalue weighted by molar-refractivity contribution is 6.30. The van der Waals surface area contributed by atoms with E-state index in [-0.39, 0.29) is 11.7 Å². The molecule has 1 saturated carbocycles. The monoisotopic (exact) mass is 338 g/mol. The Balaban J connectivity index is 1.67. The van der Waals surface area contributed by atoms with E-state index in [0.717, 1.165) is 35.1 Å². The normalized spacial score (nSPS) is 17.0. The van der Waals surface area contributed by atoms with E-state index in [2.05, 4.69) is 18.8 Å². The minimum Gasteiger partial charge on any atom is -0.299 e. The summed E-state index contributed by atoms with van der Waals surface area (Å²) < 4.78 is 1.99. The van der Waals surface area contributed by atoms with Gasteiger partial charge in [0.1, 0.15) is 6.33 Å². The van der Waals surface area contributed by atoms with Gasteiger partial charge in [-0.25, -0.2) is 4.98 Å². The third-order valence-electron chi connectivity index (χ3n) is 4.89. The number of hydrogen-bond donors (Lipinski definition) is 0. The van der Waals surface area contributed by atoms with Crippen molar-refractivity contribution < 1.29 is 4.79 Å². The van der Waals surface area contributed by atoms with Gasteiger partial charge in [0.25, 0.3) is 0 Å². The zero-order chi connectivity index (χ0) is 16.9. The summed E-state index contributed by atoms with van der Waals surface area (Å²) in [6.07, 6.45) is 3.72. The maximum Gasteiger partial charge on any atom is 0.166 e. The van der Waals surface area contributed by atoms with Crippen molar-refractivity contribution in [2.75, 3.05) is 0 Å². The second-order valence-electron chi connectivity index (χ2n) is 7.43. The molecule has 3 aromatic rings. The van der Waals surface area contributed by atoms with E-state index in [4.69, 9.17) is 11.6 Å². The molecule has 4 heteroatoms. The van der Waals surface area contributed by atoms with Crippen molar-refractivity contribution in [2.24, 2.45) is 11.3 Å². The number of fused-ring (bicyclic) bond motifs is 1. The Labute approximate surface area is 146 Å². The Bertz CT molecular complexity index is 934. The smallest absolute Gasteiger partial charge is 0.166 e. The molecule has 0 amide bonds. The summed E-state index contributed by atoms with van der Waals surface area (Å²) in [5.74, 6) is 0.404. The molecule has 0 atom stereocenters. The van der Waals surface area contributed by atoms with Crippen LogP contribution in [0.2, 0.25) is 5.02 Å². The highest BCUT2D eigenvalue weighted by Crippen LogP contribution is 2.46. The molecule has 0 N–H and O–H groups in total. The van der Waals surface area contributed by atoms with Crippen molar-refractivity contribution in [2.45, 2.75) is 26.7 Å². The number of rotatable bonds is 3. The lowest BCUT2D eigenvalue weighted by atomic mass is 9.62. The first-order chi connectivity index (χ1) is 11.4. The van der Waals surface area contributed by atoms with Gasteiger partial charge >= 0.3 is 0 Å². The first-order valence-electron chi connectivity index (χ1n) is 8.20. The van der Waals surface area contributed by atoms with E-state index in [1.54, 1.807) is 6.33 Å². The SMILES string of the molecule is CC1(C)CC(C(=O)c2ccc3c(c2)ncn3-c2cccc(Cl)c2)C1. The molecule has 0 bridgehead atoms. The molecule has 1 heterocycles. The van der Waals surface area contributed by atoms with Crippen LogP contribution in [0.3, 0.4) is 0 Å². The standard InChI is InChI=1S/C20H19ClN2O/c1-20(2)10-14(11-20)19(24)13-6-7-18-17(8-13)22-12-23(18)16-5-3-4-15(21)9-16/h3-9,12,14H,10-11H2,1-2H3. The van der Waals surface area contributed by atoms with Crippen molar-refractivity contribution in [1.29, 1.82) is 0 Å². The summed E-state index contributed by atoms with van der Waals surface area (Å²) in [6, 6.07) is 13.4. The molecule has 4 rings (SSSR count). The Morgan fingerprint density at radius 3 is 2.71 bits per heavy atom. The van der Waals surface area contributed by atoms with Gasteiger partial charge in [0.15, 0.2) is 5.78 Å². The van der Waals surface area contributed by atoms with E-state index >= 15 is 0 Å². The van der Waals surface area contributed by atoms with Crippen LogP contribution >= 0.6 is 11.6 Å². The number of hydrogen-bond acceptors (Lipinski definition) is 2. The topological polar surface area (TPSA) is 34.9 Å². The third-order valence-corrected chi connectivity index (χ3v) is 5.12. The van der Waals surface area contributed by atoms with Gasteiger partial charge in [-0.15, -0.1) is 0 Å². The van der Waals surface area contributed by atoms with E-state index in [9.17, 15) is 4.79 Å². The summed E-state index contributed by atoms with van der Waals surface area (Å²) in [5.41, 5.74) is 3.84. The molecule has 24 heavy (non-hydrogen) atoms. The quantitative estimate of drug-likeness (QED) is 0.607. The van der Waals surface area contributed by atoms with Crippen molar-refractivity contribution in [3.05, 3.63) is 59.4 Å². The average molecular weight is 339 g/mol. The predicted molar refractivity (Wildman–Crippen MR) is 96.9 cm³/mol. The number of benzene rings is 2. The maximum absolute atomic E-state index is 12.6. The number of ketones is 1. The minimum atomic E-state index is 0.160. The van der Waals surface area contributed by atoms with Gasteiger partial charge in [-0.1, -0.05) is 31.5 Å². The van der Waals surface area contributed by atoms with E-state index in [1.165, 1.54) is 0 Å². The number of halogens is 1. The molecular formula is C20H19ClN2O. The fraction of sp³-hybridized carbons (Fsp3) is 0.300. The zero-order valence-corrected chi connectivity index (χ0v) is 14.5. The Morgan fingerprint density at radius 2 is 2.00 bits per heavy atom. The summed E-state index contributed by atoms with van der Waals surface area (Å²) in [5, 5.41) is 0.689. The molecule has 0 unspecified atom stereocenters. The molecule has 1 aliphatic carbocycles. The third kappa shape index (κ3) is 2.63.